The predicted molar refractivity (Wildman–Crippen MR) is 80.6 cm³/mol. The number of benzene rings is 1. The summed E-state index contributed by atoms with van der Waals surface area (Å²) in [5, 5.41) is 7.07. The Morgan fingerprint density at radius 3 is 3.00 bits per heavy atom. The summed E-state index contributed by atoms with van der Waals surface area (Å²) in [7, 11) is 0. The van der Waals surface area contributed by atoms with E-state index in [2.05, 4.69) is 10.4 Å². The fraction of sp³-hybridized carbons (Fsp3) is 0.375. The van der Waals surface area contributed by atoms with Crippen molar-refractivity contribution in [1.82, 2.24) is 20.0 Å². The first-order valence-corrected chi connectivity index (χ1v) is 7.48. The van der Waals surface area contributed by atoms with Gasteiger partial charge in [0.05, 0.1) is 12.2 Å². The van der Waals surface area contributed by atoms with Crippen molar-refractivity contribution in [1.29, 1.82) is 0 Å². The minimum atomic E-state index is -0.267. The Morgan fingerprint density at radius 1 is 1.50 bits per heavy atom. The molecule has 1 fully saturated rings. The van der Waals surface area contributed by atoms with Crippen LogP contribution in [0.25, 0.3) is 0 Å². The Balaban J connectivity index is 1.58. The molecule has 6 heteroatoms. The third-order valence-corrected chi connectivity index (χ3v) is 3.97. The fourth-order valence-corrected chi connectivity index (χ4v) is 2.64. The molecule has 1 unspecified atom stereocenters. The van der Waals surface area contributed by atoms with Gasteiger partial charge in [0.1, 0.15) is 5.82 Å². The highest BCUT2D eigenvalue weighted by Crippen LogP contribution is 2.33. The molecule has 0 aliphatic carbocycles. The molecule has 1 aliphatic rings. The number of carbonyl (C=O) groups excluding carboxylic acids is 1. The zero-order valence-electron chi connectivity index (χ0n) is 12.5. The second-order valence-corrected chi connectivity index (χ2v) is 5.42. The maximum Gasteiger partial charge on any atom is 0.318 e. The normalized spacial score (nSPS) is 17.2. The zero-order chi connectivity index (χ0) is 15.5. The van der Waals surface area contributed by atoms with E-state index in [-0.39, 0.29) is 17.9 Å². The number of hydrogen-bond donors (Lipinski definition) is 1. The summed E-state index contributed by atoms with van der Waals surface area (Å²) in [5.41, 5.74) is 1.82. The molecular formula is C16H19FN4O. The van der Waals surface area contributed by atoms with E-state index in [1.54, 1.807) is 17.2 Å². The monoisotopic (exact) mass is 302 g/mol. The van der Waals surface area contributed by atoms with Crippen LogP contribution in [0.15, 0.2) is 36.7 Å². The fourth-order valence-electron chi connectivity index (χ4n) is 2.64. The lowest BCUT2D eigenvalue weighted by Gasteiger charge is -2.41. The van der Waals surface area contributed by atoms with Gasteiger partial charge < -0.3 is 10.2 Å². The first kappa shape index (κ1) is 14.6. The summed E-state index contributed by atoms with van der Waals surface area (Å²) >= 11 is 0. The van der Waals surface area contributed by atoms with E-state index in [0.717, 1.165) is 24.1 Å². The summed E-state index contributed by atoms with van der Waals surface area (Å²) in [6.07, 6.45) is 4.54. The third-order valence-electron chi connectivity index (χ3n) is 3.97. The summed E-state index contributed by atoms with van der Waals surface area (Å²) < 4.78 is 15.1. The molecule has 2 aromatic rings. The number of amides is 2. The lowest BCUT2D eigenvalue weighted by molar-refractivity contribution is 0.115. The Hall–Kier alpha value is -2.37. The first-order valence-electron chi connectivity index (χ1n) is 7.48. The van der Waals surface area contributed by atoms with E-state index in [4.69, 9.17) is 0 Å². The maximum atomic E-state index is 13.3. The van der Waals surface area contributed by atoms with Crippen molar-refractivity contribution in [3.8, 4) is 0 Å². The number of hydrogen-bond acceptors (Lipinski definition) is 2. The average Bonchev–Trinajstić information content (AvgIpc) is 2.92. The van der Waals surface area contributed by atoms with Gasteiger partial charge in [-0.15, -0.1) is 0 Å². The molecule has 0 bridgehead atoms. The van der Waals surface area contributed by atoms with Gasteiger partial charge in [0.2, 0.25) is 0 Å². The average molecular weight is 302 g/mol. The molecule has 1 atom stereocenters. The topological polar surface area (TPSA) is 50.2 Å². The Kier molecular flexibility index (Phi) is 4.09. The molecular weight excluding hydrogens is 283 g/mol. The number of likely N-dealkylation sites (tertiary alicyclic amines) is 1. The smallest absolute Gasteiger partial charge is 0.318 e. The number of carbonyl (C=O) groups is 1. The minimum absolute atomic E-state index is 0.0333. The summed E-state index contributed by atoms with van der Waals surface area (Å²) in [4.78, 5) is 14.0. The number of halogens is 1. The molecule has 0 radical (unpaired) electrons. The number of urea groups is 1. The lowest BCUT2D eigenvalue weighted by atomic mass is 9.95. The molecule has 116 valence electrons. The van der Waals surface area contributed by atoms with Crippen LogP contribution in [0, 0.1) is 5.82 Å². The van der Waals surface area contributed by atoms with Crippen LogP contribution in [-0.2, 0) is 13.1 Å². The van der Waals surface area contributed by atoms with E-state index in [9.17, 15) is 9.18 Å². The van der Waals surface area contributed by atoms with Gasteiger partial charge in [-0.05, 0) is 31.0 Å². The molecule has 5 nitrogen and oxygen atoms in total. The molecule has 3 rings (SSSR count). The van der Waals surface area contributed by atoms with Crippen molar-refractivity contribution < 1.29 is 9.18 Å². The van der Waals surface area contributed by atoms with Crippen LogP contribution >= 0.6 is 0 Å². The second kappa shape index (κ2) is 6.17. The van der Waals surface area contributed by atoms with Gasteiger partial charge in [-0.25, -0.2) is 9.18 Å². The van der Waals surface area contributed by atoms with Crippen molar-refractivity contribution >= 4 is 6.03 Å². The van der Waals surface area contributed by atoms with Gasteiger partial charge in [-0.2, -0.15) is 5.10 Å². The van der Waals surface area contributed by atoms with Crippen LogP contribution in [0.4, 0.5) is 9.18 Å². The van der Waals surface area contributed by atoms with Crippen LogP contribution in [0.1, 0.15) is 30.5 Å². The Morgan fingerprint density at radius 2 is 2.36 bits per heavy atom. The minimum Gasteiger partial charge on any atom is -0.334 e. The maximum absolute atomic E-state index is 13.3. The van der Waals surface area contributed by atoms with E-state index in [1.165, 1.54) is 12.1 Å². The predicted octanol–water partition coefficient (Wildman–Crippen LogP) is 2.70. The quantitative estimate of drug-likeness (QED) is 0.944. The van der Waals surface area contributed by atoms with Gasteiger partial charge >= 0.3 is 6.03 Å². The van der Waals surface area contributed by atoms with Crippen molar-refractivity contribution in [2.75, 3.05) is 6.54 Å². The molecule has 2 amide bonds. The molecule has 1 aromatic heterocycles. The SMILES string of the molecule is CCn1cc(CNC(=O)N2CCC2c2cccc(F)c2)cn1. The van der Waals surface area contributed by atoms with Crippen LogP contribution in [0.2, 0.25) is 0 Å². The van der Waals surface area contributed by atoms with Gasteiger partial charge in [-0.3, -0.25) is 4.68 Å². The standard InChI is InChI=1S/C16H19FN4O/c1-2-20-11-12(10-19-20)9-18-16(22)21-7-6-15(21)13-4-3-5-14(17)8-13/h3-5,8,10-11,15H,2,6-7,9H2,1H3,(H,18,22). The highest BCUT2D eigenvalue weighted by molar-refractivity contribution is 5.75. The molecule has 1 saturated heterocycles. The number of rotatable bonds is 4. The molecule has 0 saturated carbocycles. The van der Waals surface area contributed by atoms with Gasteiger partial charge in [0.25, 0.3) is 0 Å². The molecule has 1 N–H and O–H groups in total. The van der Waals surface area contributed by atoms with Crippen molar-refractivity contribution in [3.63, 3.8) is 0 Å². The van der Waals surface area contributed by atoms with Gasteiger partial charge in [0, 0.05) is 31.4 Å². The van der Waals surface area contributed by atoms with Crippen LogP contribution in [-0.4, -0.2) is 27.3 Å². The van der Waals surface area contributed by atoms with Crippen LogP contribution in [0.3, 0.4) is 0 Å². The van der Waals surface area contributed by atoms with Crippen molar-refractivity contribution in [3.05, 3.63) is 53.6 Å². The van der Waals surface area contributed by atoms with Crippen molar-refractivity contribution in [2.45, 2.75) is 32.5 Å². The number of nitrogens with zero attached hydrogens (tertiary/aromatic N) is 3. The van der Waals surface area contributed by atoms with E-state index >= 15 is 0 Å². The molecule has 0 spiro atoms. The largest absolute Gasteiger partial charge is 0.334 e. The Labute approximate surface area is 128 Å². The molecule has 22 heavy (non-hydrogen) atoms. The molecule has 2 heterocycles. The summed E-state index contributed by atoms with van der Waals surface area (Å²) in [6.45, 7) is 3.97. The van der Waals surface area contributed by atoms with Gasteiger partial charge in [-0.1, -0.05) is 12.1 Å². The summed E-state index contributed by atoms with van der Waals surface area (Å²) in [5.74, 6) is -0.267. The first-order chi connectivity index (χ1) is 10.7. The van der Waals surface area contributed by atoms with E-state index in [1.807, 2.05) is 23.9 Å². The van der Waals surface area contributed by atoms with Crippen LogP contribution in [0.5, 0.6) is 0 Å². The van der Waals surface area contributed by atoms with Gasteiger partial charge in [0.15, 0.2) is 0 Å². The van der Waals surface area contributed by atoms with E-state index < -0.39 is 0 Å². The Bertz CT molecular complexity index is 670. The number of nitrogens with one attached hydrogen (secondary N) is 1. The highest BCUT2D eigenvalue weighted by atomic mass is 19.1. The third kappa shape index (κ3) is 2.95. The number of aryl methyl sites for hydroxylation is 1. The highest BCUT2D eigenvalue weighted by Gasteiger charge is 2.33. The van der Waals surface area contributed by atoms with E-state index in [0.29, 0.717) is 13.1 Å². The summed E-state index contributed by atoms with van der Waals surface area (Å²) in [6, 6.07) is 6.29. The van der Waals surface area contributed by atoms with Crippen LogP contribution < -0.4 is 5.32 Å². The second-order valence-electron chi connectivity index (χ2n) is 5.42. The molecule has 1 aromatic carbocycles. The molecule has 1 aliphatic heterocycles. The zero-order valence-corrected chi connectivity index (χ0v) is 12.5. The number of aromatic nitrogens is 2. The van der Waals surface area contributed by atoms with Crippen molar-refractivity contribution in [2.24, 2.45) is 0 Å². The lowest BCUT2D eigenvalue weighted by Crippen LogP contribution is -2.49.